The molecule has 23 heavy (non-hydrogen) atoms. The number of fused-ring (bicyclic) bond motifs is 1. The van der Waals surface area contributed by atoms with Crippen LogP contribution in [0.5, 0.6) is 0 Å². The van der Waals surface area contributed by atoms with E-state index >= 15 is 0 Å². The molecule has 7 nitrogen and oxygen atoms in total. The maximum atomic E-state index is 12.7. The van der Waals surface area contributed by atoms with Crippen molar-refractivity contribution in [1.29, 1.82) is 5.26 Å². The van der Waals surface area contributed by atoms with Gasteiger partial charge in [0.2, 0.25) is 5.76 Å². The quantitative estimate of drug-likeness (QED) is 0.720. The van der Waals surface area contributed by atoms with Crippen LogP contribution in [0, 0.1) is 11.3 Å². The Morgan fingerprint density at radius 2 is 2.30 bits per heavy atom. The maximum Gasteiger partial charge on any atom is 0.293 e. The molecule has 2 aromatic heterocycles. The van der Waals surface area contributed by atoms with Crippen LogP contribution in [-0.4, -0.2) is 20.9 Å². The highest BCUT2D eigenvalue weighted by atomic mass is 16.5. The number of hydrogen-bond donors (Lipinski definition) is 0. The molecule has 0 saturated heterocycles. The largest absolute Gasteiger partial charge is 0.446 e. The summed E-state index contributed by atoms with van der Waals surface area (Å²) in [6.07, 6.45) is 4.33. The minimum absolute atomic E-state index is 0.155. The minimum atomic E-state index is -0.405. The van der Waals surface area contributed by atoms with Crippen molar-refractivity contribution in [3.05, 3.63) is 71.3 Å². The molecule has 1 atom stereocenters. The number of oxazole rings is 1. The van der Waals surface area contributed by atoms with Crippen LogP contribution in [0.2, 0.25) is 0 Å². The van der Waals surface area contributed by atoms with Gasteiger partial charge in [0, 0.05) is 12.6 Å². The van der Waals surface area contributed by atoms with Crippen molar-refractivity contribution in [2.75, 3.05) is 0 Å². The maximum absolute atomic E-state index is 12.7. The zero-order chi connectivity index (χ0) is 15.8. The number of nitrogens with zero attached hydrogens (tertiary/aromatic N) is 4. The number of benzene rings is 1. The van der Waals surface area contributed by atoms with Gasteiger partial charge in [0.1, 0.15) is 6.04 Å². The first-order valence-corrected chi connectivity index (χ1v) is 6.91. The van der Waals surface area contributed by atoms with Crippen LogP contribution in [-0.2, 0) is 6.54 Å². The van der Waals surface area contributed by atoms with Crippen molar-refractivity contribution >= 4 is 5.91 Å². The smallest absolute Gasteiger partial charge is 0.293 e. The van der Waals surface area contributed by atoms with Crippen LogP contribution in [0.4, 0.5) is 0 Å². The summed E-state index contributed by atoms with van der Waals surface area (Å²) in [5.41, 5.74) is 2.36. The zero-order valence-corrected chi connectivity index (χ0v) is 11.8. The lowest BCUT2D eigenvalue weighted by atomic mass is 10.0. The van der Waals surface area contributed by atoms with Crippen LogP contribution in [0.1, 0.15) is 39.0 Å². The molecular formula is C16H10N4O3. The molecule has 112 valence electrons. The summed E-state index contributed by atoms with van der Waals surface area (Å²) in [6.45, 7) is 0.357. The highest BCUT2D eigenvalue weighted by Crippen LogP contribution is 2.39. The lowest BCUT2D eigenvalue weighted by molar-refractivity contribution is 0.0661. The predicted molar refractivity (Wildman–Crippen MR) is 75.9 cm³/mol. The van der Waals surface area contributed by atoms with Crippen LogP contribution >= 0.6 is 0 Å². The molecule has 0 spiro atoms. The Hall–Kier alpha value is -3.40. The Bertz CT molecular complexity index is 894. The molecule has 1 unspecified atom stereocenters. The molecule has 0 saturated carbocycles. The zero-order valence-electron chi connectivity index (χ0n) is 11.8. The Kier molecular flexibility index (Phi) is 2.95. The summed E-state index contributed by atoms with van der Waals surface area (Å²) in [7, 11) is 0. The van der Waals surface area contributed by atoms with E-state index in [0.717, 1.165) is 11.1 Å². The van der Waals surface area contributed by atoms with Gasteiger partial charge in [-0.25, -0.2) is 4.98 Å². The molecule has 0 fully saturated rings. The average molecular weight is 306 g/mol. The molecule has 4 rings (SSSR count). The molecule has 0 radical (unpaired) electrons. The van der Waals surface area contributed by atoms with E-state index in [1.807, 2.05) is 6.07 Å². The monoisotopic (exact) mass is 306 g/mol. The molecule has 0 aliphatic carbocycles. The molecule has 1 aliphatic rings. The number of amides is 1. The molecule has 1 aliphatic heterocycles. The molecule has 1 aromatic carbocycles. The van der Waals surface area contributed by atoms with E-state index in [-0.39, 0.29) is 11.7 Å². The summed E-state index contributed by atoms with van der Waals surface area (Å²) in [5, 5.41) is 12.6. The van der Waals surface area contributed by atoms with Gasteiger partial charge in [-0.2, -0.15) is 5.26 Å². The SMILES string of the molecule is N#Cc1ccc2c(c1)CN(C(=O)c1ccno1)C2c1cnco1. The van der Waals surface area contributed by atoms with Crippen LogP contribution < -0.4 is 0 Å². The number of carbonyl (C=O) groups is 1. The van der Waals surface area contributed by atoms with Crippen molar-refractivity contribution in [2.24, 2.45) is 0 Å². The van der Waals surface area contributed by atoms with E-state index in [0.29, 0.717) is 17.9 Å². The number of carbonyl (C=O) groups excluding carboxylic acids is 1. The van der Waals surface area contributed by atoms with Gasteiger partial charge in [-0.3, -0.25) is 4.79 Å². The normalized spacial score (nSPS) is 16.1. The first-order chi connectivity index (χ1) is 11.3. The van der Waals surface area contributed by atoms with Crippen molar-refractivity contribution in [2.45, 2.75) is 12.6 Å². The summed E-state index contributed by atoms with van der Waals surface area (Å²) in [5.74, 6) is 0.419. The highest BCUT2D eigenvalue weighted by molar-refractivity contribution is 5.92. The number of nitriles is 1. The fraction of sp³-hybridized carbons (Fsp3) is 0.125. The Balaban J connectivity index is 1.80. The fourth-order valence-electron chi connectivity index (χ4n) is 2.85. The molecule has 1 amide bonds. The van der Waals surface area contributed by atoms with E-state index in [2.05, 4.69) is 16.2 Å². The van der Waals surface area contributed by atoms with Crippen molar-refractivity contribution < 1.29 is 13.7 Å². The van der Waals surface area contributed by atoms with Gasteiger partial charge in [0.25, 0.3) is 5.91 Å². The standard InChI is InChI=1S/C16H10N4O3/c17-6-10-1-2-12-11(5-10)8-20(15(12)14-7-18-9-22-14)16(21)13-3-4-19-23-13/h1-5,7,9,15H,8H2. The number of aromatic nitrogens is 2. The third-order valence-corrected chi connectivity index (χ3v) is 3.85. The average Bonchev–Trinajstić information content (AvgIpc) is 3.31. The minimum Gasteiger partial charge on any atom is -0.446 e. The topological polar surface area (TPSA) is 96.2 Å². The van der Waals surface area contributed by atoms with Crippen LogP contribution in [0.3, 0.4) is 0 Å². The van der Waals surface area contributed by atoms with Crippen LogP contribution in [0.15, 0.2) is 52.0 Å². The van der Waals surface area contributed by atoms with Crippen LogP contribution in [0.25, 0.3) is 0 Å². The van der Waals surface area contributed by atoms with Gasteiger partial charge in [-0.15, -0.1) is 0 Å². The predicted octanol–water partition coefficient (Wildman–Crippen LogP) is 2.28. The summed E-state index contributed by atoms with van der Waals surface area (Å²) < 4.78 is 10.4. The molecule has 0 bridgehead atoms. The van der Waals surface area contributed by atoms with Gasteiger partial charge < -0.3 is 13.8 Å². The second-order valence-electron chi connectivity index (χ2n) is 5.14. The Morgan fingerprint density at radius 1 is 1.39 bits per heavy atom. The third-order valence-electron chi connectivity index (χ3n) is 3.85. The lowest BCUT2D eigenvalue weighted by Crippen LogP contribution is -2.29. The van der Waals surface area contributed by atoms with E-state index in [1.54, 1.807) is 23.2 Å². The summed E-state index contributed by atoms with van der Waals surface area (Å²) in [4.78, 5) is 18.3. The van der Waals surface area contributed by atoms with Gasteiger partial charge in [0.15, 0.2) is 12.2 Å². The van der Waals surface area contributed by atoms with Crippen molar-refractivity contribution in [3.63, 3.8) is 0 Å². The lowest BCUT2D eigenvalue weighted by Gasteiger charge is -2.22. The molecule has 7 heteroatoms. The third kappa shape index (κ3) is 2.08. The second kappa shape index (κ2) is 5.10. The Morgan fingerprint density at radius 3 is 3.00 bits per heavy atom. The van der Waals surface area contributed by atoms with Gasteiger partial charge >= 0.3 is 0 Å². The first kappa shape index (κ1) is 13.3. The summed E-state index contributed by atoms with van der Waals surface area (Å²) in [6, 6.07) is 8.58. The number of hydrogen-bond acceptors (Lipinski definition) is 6. The number of rotatable bonds is 2. The van der Waals surface area contributed by atoms with Gasteiger partial charge in [0.05, 0.1) is 24.0 Å². The fourth-order valence-corrected chi connectivity index (χ4v) is 2.85. The van der Waals surface area contributed by atoms with Crippen molar-refractivity contribution in [1.82, 2.24) is 15.0 Å². The Labute approximate surface area is 130 Å². The van der Waals surface area contributed by atoms with Gasteiger partial charge in [-0.1, -0.05) is 11.2 Å². The van der Waals surface area contributed by atoms with E-state index in [4.69, 9.17) is 14.2 Å². The highest BCUT2D eigenvalue weighted by Gasteiger charge is 2.38. The van der Waals surface area contributed by atoms with E-state index < -0.39 is 6.04 Å². The van der Waals surface area contributed by atoms with Crippen molar-refractivity contribution in [3.8, 4) is 6.07 Å². The molecular weight excluding hydrogens is 296 g/mol. The second-order valence-corrected chi connectivity index (χ2v) is 5.14. The van der Waals surface area contributed by atoms with Gasteiger partial charge in [-0.05, 0) is 23.3 Å². The summed E-state index contributed by atoms with van der Waals surface area (Å²) >= 11 is 0. The molecule has 3 heterocycles. The molecule has 0 N–H and O–H groups in total. The molecule has 3 aromatic rings. The van der Waals surface area contributed by atoms with E-state index in [9.17, 15) is 4.79 Å². The van der Waals surface area contributed by atoms with E-state index in [1.165, 1.54) is 18.7 Å². The first-order valence-electron chi connectivity index (χ1n) is 6.91.